The summed E-state index contributed by atoms with van der Waals surface area (Å²) in [5.74, 6) is 0. The van der Waals surface area contributed by atoms with Gasteiger partial charge in [0, 0.05) is 38.0 Å². The molecule has 0 saturated heterocycles. The Labute approximate surface area is 117 Å². The van der Waals surface area contributed by atoms with Crippen LogP contribution in [0.3, 0.4) is 0 Å². The van der Waals surface area contributed by atoms with Gasteiger partial charge >= 0.3 is 0 Å². The van der Waals surface area contributed by atoms with Gasteiger partial charge in [-0.25, -0.2) is 0 Å². The van der Waals surface area contributed by atoms with E-state index < -0.39 is 0 Å². The molecule has 0 unspecified atom stereocenters. The Hall–Kier alpha value is -0.370. The summed E-state index contributed by atoms with van der Waals surface area (Å²) < 4.78 is 3.74. The fraction of sp³-hybridized carbons (Fsp3) is 0.400. The smallest absolute Gasteiger partial charge is 0.105 e. The zero-order valence-electron chi connectivity index (χ0n) is 9.24. The van der Waals surface area contributed by atoms with Gasteiger partial charge in [-0.3, -0.25) is 9.67 Å². The van der Waals surface area contributed by atoms with Gasteiger partial charge in [-0.2, -0.15) is 5.10 Å². The van der Waals surface area contributed by atoms with Crippen LogP contribution in [0.25, 0.3) is 0 Å². The first-order valence-electron chi connectivity index (χ1n) is 4.87. The zero-order valence-corrected chi connectivity index (χ0v) is 13.0. The van der Waals surface area contributed by atoms with E-state index in [0.717, 1.165) is 26.0 Å². The van der Waals surface area contributed by atoms with Gasteiger partial charge in [0.1, 0.15) is 4.62 Å². The number of nitrogens with zero attached hydrogens (tertiary/aromatic N) is 3. The van der Waals surface area contributed by atoms with Crippen LogP contribution in [0.1, 0.15) is 12.6 Å². The van der Waals surface area contributed by atoms with Crippen molar-refractivity contribution in [3.63, 3.8) is 0 Å². The number of hydrogen-bond donors (Lipinski definition) is 1. The number of aromatic nitrogens is 2. The van der Waals surface area contributed by atoms with E-state index in [1.807, 2.05) is 20.2 Å². The highest BCUT2D eigenvalue weighted by Crippen LogP contribution is 2.16. The highest BCUT2D eigenvalue weighted by molar-refractivity contribution is 14.1. The molecule has 0 spiro atoms. The standard InChI is InChI=1S/C10H14BrIN4/c1-3-14-10(11)7(5-13)4-9-8(12)6-16(2)15-9/h5-6H,3-4,13H2,1-2H3. The normalized spacial score (nSPS) is 13.2. The van der Waals surface area contributed by atoms with Crippen molar-refractivity contribution < 1.29 is 0 Å². The largest absolute Gasteiger partial charge is 0.404 e. The fourth-order valence-electron chi connectivity index (χ4n) is 1.25. The number of allylic oxidation sites excluding steroid dienone is 1. The van der Waals surface area contributed by atoms with Crippen LogP contribution in [-0.2, 0) is 13.5 Å². The summed E-state index contributed by atoms with van der Waals surface area (Å²) in [6, 6.07) is 0. The molecule has 1 rings (SSSR count). The molecular formula is C10H14BrIN4. The molecule has 88 valence electrons. The maximum Gasteiger partial charge on any atom is 0.105 e. The maximum atomic E-state index is 5.60. The van der Waals surface area contributed by atoms with Gasteiger partial charge in [-0.15, -0.1) is 0 Å². The van der Waals surface area contributed by atoms with Crippen molar-refractivity contribution in [2.24, 2.45) is 17.8 Å². The second-order valence-corrected chi connectivity index (χ2v) is 5.14. The molecule has 2 N–H and O–H groups in total. The Kier molecular flexibility index (Phi) is 5.47. The molecule has 0 aliphatic heterocycles. The Morgan fingerprint density at radius 2 is 2.44 bits per heavy atom. The van der Waals surface area contributed by atoms with Crippen molar-refractivity contribution in [1.29, 1.82) is 0 Å². The second kappa shape index (κ2) is 6.39. The number of aliphatic imine (C=N–C) groups is 1. The summed E-state index contributed by atoms with van der Waals surface area (Å²) in [5, 5.41) is 4.38. The molecule has 6 heteroatoms. The minimum Gasteiger partial charge on any atom is -0.404 e. The summed E-state index contributed by atoms with van der Waals surface area (Å²) in [7, 11) is 1.91. The summed E-state index contributed by atoms with van der Waals surface area (Å²) in [5.41, 5.74) is 7.57. The lowest BCUT2D eigenvalue weighted by Crippen LogP contribution is -2.04. The number of hydrogen-bond acceptors (Lipinski definition) is 3. The topological polar surface area (TPSA) is 56.2 Å². The molecule has 1 aromatic heterocycles. The SMILES string of the molecule is CCN=C(Br)C(=CN)Cc1nn(C)cc1I. The van der Waals surface area contributed by atoms with Gasteiger partial charge in [-0.1, -0.05) is 0 Å². The zero-order chi connectivity index (χ0) is 12.1. The van der Waals surface area contributed by atoms with E-state index in [1.54, 1.807) is 10.9 Å². The lowest BCUT2D eigenvalue weighted by molar-refractivity contribution is 0.749. The molecule has 0 aliphatic carbocycles. The van der Waals surface area contributed by atoms with Gasteiger partial charge in [0.15, 0.2) is 0 Å². The Bertz CT molecular complexity index is 422. The Morgan fingerprint density at radius 1 is 1.75 bits per heavy atom. The monoisotopic (exact) mass is 396 g/mol. The molecule has 1 aromatic rings. The predicted octanol–water partition coefficient (Wildman–Crippen LogP) is 2.22. The Morgan fingerprint density at radius 3 is 2.88 bits per heavy atom. The van der Waals surface area contributed by atoms with Crippen LogP contribution in [0.5, 0.6) is 0 Å². The van der Waals surface area contributed by atoms with Crippen molar-refractivity contribution in [2.45, 2.75) is 13.3 Å². The summed E-state index contributed by atoms with van der Waals surface area (Å²) >= 11 is 5.69. The van der Waals surface area contributed by atoms with Crippen LogP contribution in [0.15, 0.2) is 23.0 Å². The highest BCUT2D eigenvalue weighted by Gasteiger charge is 2.10. The van der Waals surface area contributed by atoms with Gasteiger partial charge in [0.25, 0.3) is 0 Å². The molecule has 0 fully saturated rings. The van der Waals surface area contributed by atoms with Crippen molar-refractivity contribution in [1.82, 2.24) is 9.78 Å². The quantitative estimate of drug-likeness (QED) is 0.626. The van der Waals surface area contributed by atoms with E-state index in [0.29, 0.717) is 6.42 Å². The number of nitrogens with two attached hydrogens (primary N) is 1. The number of halogens is 2. The molecule has 4 nitrogen and oxygen atoms in total. The molecular weight excluding hydrogens is 383 g/mol. The summed E-state index contributed by atoms with van der Waals surface area (Å²) in [6.45, 7) is 2.72. The van der Waals surface area contributed by atoms with Gasteiger partial charge in [-0.05, 0) is 45.4 Å². The van der Waals surface area contributed by atoms with Crippen LogP contribution in [-0.4, -0.2) is 20.9 Å². The first-order chi connectivity index (χ1) is 7.58. The molecule has 1 heterocycles. The van der Waals surface area contributed by atoms with E-state index in [9.17, 15) is 0 Å². The molecule has 0 aromatic carbocycles. The molecule has 0 aliphatic rings. The highest BCUT2D eigenvalue weighted by atomic mass is 127. The van der Waals surface area contributed by atoms with E-state index in [4.69, 9.17) is 5.73 Å². The molecule has 0 bridgehead atoms. The molecule has 0 amide bonds. The average Bonchev–Trinajstić information content (AvgIpc) is 2.54. The van der Waals surface area contributed by atoms with Crippen LogP contribution < -0.4 is 5.73 Å². The molecule has 16 heavy (non-hydrogen) atoms. The first-order valence-corrected chi connectivity index (χ1v) is 6.74. The Balaban J connectivity index is 2.87. The summed E-state index contributed by atoms with van der Waals surface area (Å²) in [6.07, 6.45) is 4.25. The predicted molar refractivity (Wildman–Crippen MR) is 78.8 cm³/mol. The van der Waals surface area contributed by atoms with Crippen LogP contribution >= 0.6 is 38.5 Å². The number of rotatable bonds is 4. The molecule has 0 atom stereocenters. The molecule has 0 saturated carbocycles. The van der Waals surface area contributed by atoms with Crippen molar-refractivity contribution >= 4 is 43.1 Å². The minimum atomic E-state index is 0.694. The lowest BCUT2D eigenvalue weighted by atomic mass is 10.2. The second-order valence-electron chi connectivity index (χ2n) is 3.23. The van der Waals surface area contributed by atoms with Crippen LogP contribution in [0, 0.1) is 3.57 Å². The third kappa shape index (κ3) is 3.58. The van der Waals surface area contributed by atoms with E-state index in [-0.39, 0.29) is 0 Å². The average molecular weight is 397 g/mol. The summed E-state index contributed by atoms with van der Waals surface area (Å²) in [4.78, 5) is 4.28. The van der Waals surface area contributed by atoms with Crippen molar-refractivity contribution in [2.75, 3.05) is 6.54 Å². The maximum absolute atomic E-state index is 5.60. The third-order valence-electron chi connectivity index (χ3n) is 1.98. The van der Waals surface area contributed by atoms with Gasteiger partial charge < -0.3 is 5.73 Å². The van der Waals surface area contributed by atoms with Gasteiger partial charge in [0.05, 0.1) is 9.26 Å². The first kappa shape index (κ1) is 13.7. The third-order valence-corrected chi connectivity index (χ3v) is 3.64. The van der Waals surface area contributed by atoms with Gasteiger partial charge in [0.2, 0.25) is 0 Å². The van der Waals surface area contributed by atoms with E-state index in [2.05, 4.69) is 48.6 Å². The van der Waals surface area contributed by atoms with Crippen molar-refractivity contribution in [3.05, 3.63) is 27.2 Å². The van der Waals surface area contributed by atoms with E-state index in [1.165, 1.54) is 0 Å². The van der Waals surface area contributed by atoms with Crippen LogP contribution in [0.2, 0.25) is 0 Å². The van der Waals surface area contributed by atoms with E-state index >= 15 is 0 Å². The van der Waals surface area contributed by atoms with Crippen molar-refractivity contribution in [3.8, 4) is 0 Å². The fourth-order valence-corrected chi connectivity index (χ4v) is 2.47. The van der Waals surface area contributed by atoms with Crippen LogP contribution in [0.4, 0.5) is 0 Å². The lowest BCUT2D eigenvalue weighted by Gasteiger charge is -2.03. The molecule has 0 radical (unpaired) electrons. The number of aryl methyl sites for hydroxylation is 1. The minimum absolute atomic E-state index is 0.694.